The lowest BCUT2D eigenvalue weighted by Gasteiger charge is -2.23. The van der Waals surface area contributed by atoms with E-state index in [1.54, 1.807) is 20.8 Å². The lowest BCUT2D eigenvalue weighted by molar-refractivity contribution is -0.145. The molecule has 1 rings (SSSR count). The number of ketones is 1. The van der Waals surface area contributed by atoms with Gasteiger partial charge in [0.15, 0.2) is 5.78 Å². The van der Waals surface area contributed by atoms with Crippen LogP contribution in [0.1, 0.15) is 32.8 Å². The number of benzene rings is 1. The van der Waals surface area contributed by atoms with Crippen molar-refractivity contribution in [3.8, 4) is 0 Å². The van der Waals surface area contributed by atoms with Crippen LogP contribution in [-0.2, 0) is 25.5 Å². The first-order valence-corrected chi connectivity index (χ1v) is 8.04. The molecule has 6 nitrogen and oxygen atoms in total. The number of nitrogens with one attached hydrogen (secondary N) is 1. The van der Waals surface area contributed by atoms with Gasteiger partial charge in [-0.25, -0.2) is 4.79 Å². The van der Waals surface area contributed by atoms with E-state index < -0.39 is 35.9 Å². The van der Waals surface area contributed by atoms with Crippen LogP contribution in [0.25, 0.3) is 0 Å². The van der Waals surface area contributed by atoms with Crippen molar-refractivity contribution in [3.63, 3.8) is 0 Å². The summed E-state index contributed by atoms with van der Waals surface area (Å²) in [6.45, 7) is 8.67. The molecular formula is C19H25NO5. The van der Waals surface area contributed by atoms with E-state index in [1.165, 1.54) is 6.08 Å². The molecule has 0 saturated heterocycles. The summed E-state index contributed by atoms with van der Waals surface area (Å²) in [5.41, 5.74) is 0.171. The van der Waals surface area contributed by atoms with E-state index in [9.17, 15) is 14.4 Å². The number of carbonyl (C=O) groups is 3. The second-order valence-corrected chi connectivity index (χ2v) is 6.50. The standard InChI is InChI=1S/C19H25NO5/c1-5-11-24-17(22)13-16(21)15(12-14-9-7-6-8-10-14)20-18(23)25-19(2,3)4/h5-10,15H,1,11-13H2,2-4H3,(H,20,23)/t15-/m1/s1. The van der Waals surface area contributed by atoms with Crippen LogP contribution in [0.5, 0.6) is 0 Å². The molecule has 0 bridgehead atoms. The van der Waals surface area contributed by atoms with Crippen molar-refractivity contribution in [1.29, 1.82) is 0 Å². The molecule has 6 heteroatoms. The van der Waals surface area contributed by atoms with E-state index in [1.807, 2.05) is 30.3 Å². The van der Waals surface area contributed by atoms with Gasteiger partial charge >= 0.3 is 12.1 Å². The Morgan fingerprint density at radius 1 is 1.20 bits per heavy atom. The average molecular weight is 347 g/mol. The summed E-state index contributed by atoms with van der Waals surface area (Å²) in [4.78, 5) is 36.1. The van der Waals surface area contributed by atoms with Crippen molar-refractivity contribution in [2.75, 3.05) is 6.61 Å². The molecule has 0 unspecified atom stereocenters. The predicted molar refractivity (Wildman–Crippen MR) is 94.1 cm³/mol. The highest BCUT2D eigenvalue weighted by atomic mass is 16.6. The van der Waals surface area contributed by atoms with Crippen LogP contribution in [-0.4, -0.2) is 36.1 Å². The monoisotopic (exact) mass is 347 g/mol. The minimum atomic E-state index is -0.881. The first-order chi connectivity index (χ1) is 11.7. The summed E-state index contributed by atoms with van der Waals surface area (Å²) in [6, 6.07) is 8.33. The average Bonchev–Trinajstić information content (AvgIpc) is 2.51. The molecule has 0 saturated carbocycles. The molecule has 0 spiro atoms. The molecular weight excluding hydrogens is 322 g/mol. The van der Waals surface area contributed by atoms with E-state index in [0.29, 0.717) is 0 Å². The maximum Gasteiger partial charge on any atom is 0.408 e. The molecule has 0 aromatic heterocycles. The van der Waals surface area contributed by atoms with Crippen LogP contribution in [0.4, 0.5) is 4.79 Å². The summed E-state index contributed by atoms with van der Waals surface area (Å²) < 4.78 is 10.0. The second-order valence-electron chi connectivity index (χ2n) is 6.50. The zero-order valence-electron chi connectivity index (χ0n) is 14.9. The van der Waals surface area contributed by atoms with Gasteiger partial charge in [-0.2, -0.15) is 0 Å². The zero-order chi connectivity index (χ0) is 18.9. The maximum absolute atomic E-state index is 12.4. The number of carbonyl (C=O) groups excluding carboxylic acids is 3. The zero-order valence-corrected chi connectivity index (χ0v) is 14.9. The second kappa shape index (κ2) is 9.61. The highest BCUT2D eigenvalue weighted by molar-refractivity contribution is 5.99. The minimum absolute atomic E-state index is 0.0367. The third kappa shape index (κ3) is 8.69. The topological polar surface area (TPSA) is 81.7 Å². The molecule has 0 aliphatic heterocycles. The highest BCUT2D eigenvalue weighted by Crippen LogP contribution is 2.10. The normalized spacial score (nSPS) is 12.0. The van der Waals surface area contributed by atoms with Gasteiger partial charge in [-0.15, -0.1) is 0 Å². The van der Waals surface area contributed by atoms with Gasteiger partial charge in [0.25, 0.3) is 0 Å². The lowest BCUT2D eigenvalue weighted by Crippen LogP contribution is -2.45. The Morgan fingerprint density at radius 3 is 2.40 bits per heavy atom. The Kier molecular flexibility index (Phi) is 7.85. The molecule has 136 valence electrons. The molecule has 0 radical (unpaired) electrons. The first kappa shape index (κ1) is 20.4. The van der Waals surface area contributed by atoms with E-state index in [-0.39, 0.29) is 13.0 Å². The quantitative estimate of drug-likeness (QED) is 0.444. The van der Waals surface area contributed by atoms with E-state index in [0.717, 1.165) is 5.56 Å². The van der Waals surface area contributed by atoms with E-state index in [2.05, 4.69) is 11.9 Å². The summed E-state index contributed by atoms with van der Waals surface area (Å²) in [5.74, 6) is -1.10. The van der Waals surface area contributed by atoms with Gasteiger partial charge in [0.2, 0.25) is 0 Å². The smallest absolute Gasteiger partial charge is 0.408 e. The first-order valence-electron chi connectivity index (χ1n) is 8.04. The molecule has 25 heavy (non-hydrogen) atoms. The van der Waals surface area contributed by atoms with Gasteiger partial charge in [-0.3, -0.25) is 9.59 Å². The number of hydrogen-bond donors (Lipinski definition) is 1. The number of ether oxygens (including phenoxy) is 2. The van der Waals surface area contributed by atoms with Crippen LogP contribution in [0.15, 0.2) is 43.0 Å². The number of alkyl carbamates (subject to hydrolysis) is 1. The number of Topliss-reactive ketones (excluding diaryl/α,β-unsaturated/α-hetero) is 1. The Morgan fingerprint density at radius 2 is 1.84 bits per heavy atom. The van der Waals surface area contributed by atoms with Crippen molar-refractivity contribution >= 4 is 17.8 Å². The fourth-order valence-electron chi connectivity index (χ4n) is 2.01. The van der Waals surface area contributed by atoms with Gasteiger partial charge in [-0.1, -0.05) is 43.0 Å². The van der Waals surface area contributed by atoms with Gasteiger partial charge in [-0.05, 0) is 32.8 Å². The third-order valence-corrected chi connectivity index (χ3v) is 3.04. The molecule has 0 aliphatic rings. The number of hydrogen-bond acceptors (Lipinski definition) is 5. The van der Waals surface area contributed by atoms with Crippen molar-refractivity contribution in [2.24, 2.45) is 0 Å². The van der Waals surface area contributed by atoms with Crippen molar-refractivity contribution in [2.45, 2.75) is 45.3 Å². The molecule has 1 amide bonds. The maximum atomic E-state index is 12.4. The summed E-state index contributed by atoms with van der Waals surface area (Å²) >= 11 is 0. The minimum Gasteiger partial charge on any atom is -0.461 e. The Hall–Kier alpha value is -2.63. The van der Waals surface area contributed by atoms with Crippen LogP contribution in [0, 0.1) is 0 Å². The summed E-state index contributed by atoms with van der Waals surface area (Å²) in [6.07, 6.45) is 0.540. The fourth-order valence-corrected chi connectivity index (χ4v) is 2.01. The Bertz CT molecular complexity index is 604. The van der Waals surface area contributed by atoms with Crippen molar-refractivity contribution in [3.05, 3.63) is 48.6 Å². The van der Waals surface area contributed by atoms with Crippen molar-refractivity contribution < 1.29 is 23.9 Å². The number of rotatable bonds is 8. The SMILES string of the molecule is C=CCOC(=O)CC(=O)[C@@H](Cc1ccccc1)NC(=O)OC(C)(C)C. The third-order valence-electron chi connectivity index (χ3n) is 3.04. The number of amides is 1. The summed E-state index contributed by atoms with van der Waals surface area (Å²) in [7, 11) is 0. The molecule has 1 atom stereocenters. The molecule has 0 fully saturated rings. The van der Waals surface area contributed by atoms with E-state index >= 15 is 0 Å². The summed E-state index contributed by atoms with van der Waals surface area (Å²) in [5, 5.41) is 2.54. The molecule has 1 aromatic rings. The Labute approximate surface area is 148 Å². The fraction of sp³-hybridized carbons (Fsp3) is 0.421. The largest absolute Gasteiger partial charge is 0.461 e. The van der Waals surface area contributed by atoms with Crippen LogP contribution >= 0.6 is 0 Å². The van der Waals surface area contributed by atoms with E-state index in [4.69, 9.17) is 9.47 Å². The molecule has 1 N–H and O–H groups in total. The van der Waals surface area contributed by atoms with Gasteiger partial charge in [0.05, 0.1) is 6.04 Å². The van der Waals surface area contributed by atoms with Crippen LogP contribution in [0.3, 0.4) is 0 Å². The van der Waals surface area contributed by atoms with Gasteiger partial charge < -0.3 is 14.8 Å². The number of esters is 1. The lowest BCUT2D eigenvalue weighted by atomic mass is 10.0. The van der Waals surface area contributed by atoms with Crippen LogP contribution < -0.4 is 5.32 Å². The van der Waals surface area contributed by atoms with Crippen molar-refractivity contribution in [1.82, 2.24) is 5.32 Å². The predicted octanol–water partition coefficient (Wildman–Crippen LogP) is 2.81. The molecule has 0 heterocycles. The molecule has 1 aromatic carbocycles. The molecule has 0 aliphatic carbocycles. The van der Waals surface area contributed by atoms with Gasteiger partial charge in [0, 0.05) is 0 Å². The highest BCUT2D eigenvalue weighted by Gasteiger charge is 2.26. The van der Waals surface area contributed by atoms with Gasteiger partial charge in [0.1, 0.15) is 18.6 Å². The Balaban J connectivity index is 2.79. The van der Waals surface area contributed by atoms with Crippen LogP contribution in [0.2, 0.25) is 0 Å².